The van der Waals surface area contributed by atoms with Gasteiger partial charge in [0, 0.05) is 19.5 Å². The van der Waals surface area contributed by atoms with E-state index in [0.717, 1.165) is 19.4 Å². The van der Waals surface area contributed by atoms with Crippen LogP contribution < -0.4 is 10.1 Å². The third-order valence-electron chi connectivity index (χ3n) is 3.74. The minimum absolute atomic E-state index is 0.131. The summed E-state index contributed by atoms with van der Waals surface area (Å²) in [6, 6.07) is -0.131. The lowest BCUT2D eigenvalue weighted by Crippen LogP contribution is -2.42. The minimum atomic E-state index is -0.131. The highest BCUT2D eigenvalue weighted by molar-refractivity contribution is 7.17. The molecule has 23 heavy (non-hydrogen) atoms. The van der Waals surface area contributed by atoms with Crippen LogP contribution in [0.3, 0.4) is 0 Å². The first kappa shape index (κ1) is 15.7. The van der Waals surface area contributed by atoms with Crippen LogP contribution in [0.2, 0.25) is 0 Å². The quantitative estimate of drug-likeness (QED) is 0.920. The minimum Gasteiger partial charge on any atom is -0.486 e. The second-order valence-electron chi connectivity index (χ2n) is 5.51. The lowest BCUT2D eigenvalue weighted by atomic mass is 9.95. The maximum absolute atomic E-state index is 12.4. The largest absolute Gasteiger partial charge is 0.486 e. The Morgan fingerprint density at radius 2 is 2.48 bits per heavy atom. The summed E-state index contributed by atoms with van der Waals surface area (Å²) in [4.78, 5) is 22.5. The molecule has 124 valence electrons. The molecule has 3 heterocycles. The number of urea groups is 1. The standard InChI is InChI=1S/C14H19N5O3S/c1-9-16-11(22-18-9)6-10-4-3-5-19(8-10)14(20)17-13-15-7-12(21-2)23-13/h7,10H,3-6,8H2,1-2H3,(H,15,17,20). The molecular weight excluding hydrogens is 318 g/mol. The highest BCUT2D eigenvalue weighted by Crippen LogP contribution is 2.26. The first-order valence-electron chi connectivity index (χ1n) is 7.49. The number of methoxy groups -OCH3 is 1. The Hall–Kier alpha value is -2.16. The van der Waals surface area contributed by atoms with Gasteiger partial charge in [-0.3, -0.25) is 5.32 Å². The SMILES string of the molecule is COc1cnc(NC(=O)N2CCCC(Cc3nc(C)no3)C2)s1. The van der Waals surface area contributed by atoms with E-state index >= 15 is 0 Å². The molecule has 8 nitrogen and oxygen atoms in total. The molecule has 1 unspecified atom stereocenters. The summed E-state index contributed by atoms with van der Waals surface area (Å²) in [5, 5.41) is 7.84. The highest BCUT2D eigenvalue weighted by atomic mass is 32.1. The first-order valence-corrected chi connectivity index (χ1v) is 8.30. The molecule has 2 aromatic rings. The third kappa shape index (κ3) is 3.98. The number of nitrogens with one attached hydrogen (secondary N) is 1. The van der Waals surface area contributed by atoms with Crippen molar-refractivity contribution in [1.29, 1.82) is 0 Å². The monoisotopic (exact) mass is 337 g/mol. The van der Waals surface area contributed by atoms with Gasteiger partial charge in [0.05, 0.1) is 13.3 Å². The van der Waals surface area contributed by atoms with Crippen LogP contribution in [-0.2, 0) is 6.42 Å². The summed E-state index contributed by atoms with van der Waals surface area (Å²) in [6.45, 7) is 3.22. The number of thiazole rings is 1. The van der Waals surface area contributed by atoms with Crippen LogP contribution in [0, 0.1) is 12.8 Å². The molecule has 0 saturated carbocycles. The second-order valence-corrected chi connectivity index (χ2v) is 6.51. The molecule has 9 heteroatoms. The zero-order valence-electron chi connectivity index (χ0n) is 13.1. The lowest BCUT2D eigenvalue weighted by Gasteiger charge is -2.31. The number of ether oxygens (including phenoxy) is 1. The predicted molar refractivity (Wildman–Crippen MR) is 84.7 cm³/mol. The molecule has 2 aromatic heterocycles. The average molecular weight is 337 g/mol. The Balaban J connectivity index is 1.55. The van der Waals surface area contributed by atoms with E-state index in [1.807, 2.05) is 4.90 Å². The third-order valence-corrected chi connectivity index (χ3v) is 4.61. The molecule has 1 fully saturated rings. The predicted octanol–water partition coefficient (Wildman–Crippen LogP) is 2.33. The summed E-state index contributed by atoms with van der Waals surface area (Å²) in [5.41, 5.74) is 0. The van der Waals surface area contributed by atoms with Gasteiger partial charge >= 0.3 is 6.03 Å². The van der Waals surface area contributed by atoms with Crippen LogP contribution in [0.1, 0.15) is 24.6 Å². The molecule has 1 atom stereocenters. The number of hydrogen-bond donors (Lipinski definition) is 1. The Morgan fingerprint density at radius 1 is 1.61 bits per heavy atom. The number of carbonyl (C=O) groups is 1. The number of rotatable bonds is 4. The van der Waals surface area contributed by atoms with E-state index < -0.39 is 0 Å². The summed E-state index contributed by atoms with van der Waals surface area (Å²) < 4.78 is 10.2. The normalized spacial score (nSPS) is 18.0. The number of piperidine rings is 1. The lowest BCUT2D eigenvalue weighted by molar-refractivity contribution is 0.173. The maximum atomic E-state index is 12.4. The van der Waals surface area contributed by atoms with Gasteiger partial charge in [0.1, 0.15) is 0 Å². The van der Waals surface area contributed by atoms with Crippen molar-refractivity contribution in [3.63, 3.8) is 0 Å². The maximum Gasteiger partial charge on any atom is 0.323 e. The van der Waals surface area contributed by atoms with Crippen LogP contribution in [0.25, 0.3) is 0 Å². The van der Waals surface area contributed by atoms with Crippen LogP contribution in [0.15, 0.2) is 10.7 Å². The molecule has 1 aliphatic rings. The summed E-state index contributed by atoms with van der Waals surface area (Å²) >= 11 is 1.31. The number of aryl methyl sites for hydroxylation is 1. The summed E-state index contributed by atoms with van der Waals surface area (Å²) in [5.74, 6) is 1.61. The van der Waals surface area contributed by atoms with Gasteiger partial charge < -0.3 is 14.2 Å². The number of amides is 2. The van der Waals surface area contributed by atoms with Gasteiger partial charge in [-0.15, -0.1) is 0 Å². The fourth-order valence-electron chi connectivity index (χ4n) is 2.67. The number of aromatic nitrogens is 3. The molecule has 0 spiro atoms. The topological polar surface area (TPSA) is 93.4 Å². The number of hydrogen-bond acceptors (Lipinski definition) is 7. The molecular formula is C14H19N5O3S. The highest BCUT2D eigenvalue weighted by Gasteiger charge is 2.25. The van der Waals surface area contributed by atoms with Crippen molar-refractivity contribution in [2.45, 2.75) is 26.2 Å². The van der Waals surface area contributed by atoms with E-state index in [1.54, 1.807) is 20.2 Å². The first-order chi connectivity index (χ1) is 11.1. The Labute approximate surface area is 137 Å². The van der Waals surface area contributed by atoms with Crippen molar-refractivity contribution in [2.24, 2.45) is 5.92 Å². The molecule has 1 aliphatic heterocycles. The van der Waals surface area contributed by atoms with Crippen molar-refractivity contribution in [2.75, 3.05) is 25.5 Å². The van der Waals surface area contributed by atoms with Crippen molar-refractivity contribution < 1.29 is 14.1 Å². The number of likely N-dealkylation sites (tertiary alicyclic amines) is 1. The Kier molecular flexibility index (Phi) is 4.75. The molecule has 0 aromatic carbocycles. The molecule has 3 rings (SSSR count). The Morgan fingerprint density at radius 3 is 3.17 bits per heavy atom. The van der Waals surface area contributed by atoms with Crippen molar-refractivity contribution in [1.82, 2.24) is 20.0 Å². The van der Waals surface area contributed by atoms with Gasteiger partial charge in [-0.2, -0.15) is 4.98 Å². The number of carbonyl (C=O) groups excluding carboxylic acids is 1. The number of anilines is 1. The Bertz CT molecular complexity index is 671. The van der Waals surface area contributed by atoms with E-state index in [-0.39, 0.29) is 6.03 Å². The number of nitrogens with zero attached hydrogens (tertiary/aromatic N) is 4. The molecule has 1 N–H and O–H groups in total. The van der Waals surface area contributed by atoms with Crippen LogP contribution in [0.5, 0.6) is 5.06 Å². The van der Waals surface area contributed by atoms with Crippen LogP contribution in [0.4, 0.5) is 9.93 Å². The van der Waals surface area contributed by atoms with Gasteiger partial charge in [-0.25, -0.2) is 9.78 Å². The van der Waals surface area contributed by atoms with E-state index in [4.69, 9.17) is 9.26 Å². The average Bonchev–Trinajstić information content (AvgIpc) is 3.16. The molecule has 0 bridgehead atoms. The smallest absolute Gasteiger partial charge is 0.323 e. The van der Waals surface area contributed by atoms with Gasteiger partial charge in [0.15, 0.2) is 16.0 Å². The fourth-order valence-corrected chi connectivity index (χ4v) is 3.29. The molecule has 0 radical (unpaired) electrons. The van der Waals surface area contributed by atoms with E-state index in [1.165, 1.54) is 11.3 Å². The van der Waals surface area contributed by atoms with Gasteiger partial charge in [0.25, 0.3) is 0 Å². The van der Waals surface area contributed by atoms with Crippen LogP contribution >= 0.6 is 11.3 Å². The summed E-state index contributed by atoms with van der Waals surface area (Å²) in [7, 11) is 1.58. The van der Waals surface area contributed by atoms with E-state index in [9.17, 15) is 4.79 Å². The van der Waals surface area contributed by atoms with Gasteiger partial charge in [0.2, 0.25) is 5.89 Å². The van der Waals surface area contributed by atoms with E-state index in [0.29, 0.717) is 40.8 Å². The zero-order valence-corrected chi connectivity index (χ0v) is 13.9. The van der Waals surface area contributed by atoms with Crippen LogP contribution in [-0.4, -0.2) is 46.3 Å². The second kappa shape index (κ2) is 6.95. The zero-order chi connectivity index (χ0) is 16.2. The molecule has 0 aliphatic carbocycles. The molecule has 2 amide bonds. The van der Waals surface area contributed by atoms with Crippen molar-refractivity contribution >= 4 is 22.5 Å². The van der Waals surface area contributed by atoms with E-state index in [2.05, 4.69) is 20.4 Å². The van der Waals surface area contributed by atoms with Gasteiger partial charge in [-0.05, 0) is 25.7 Å². The molecule has 1 saturated heterocycles. The summed E-state index contributed by atoms with van der Waals surface area (Å²) in [6.07, 6.45) is 4.32. The van der Waals surface area contributed by atoms with Crippen molar-refractivity contribution in [3.8, 4) is 5.06 Å². The fraction of sp³-hybridized carbons (Fsp3) is 0.571. The van der Waals surface area contributed by atoms with Gasteiger partial charge in [-0.1, -0.05) is 16.5 Å². The van der Waals surface area contributed by atoms with Crippen molar-refractivity contribution in [3.05, 3.63) is 17.9 Å².